The van der Waals surface area contributed by atoms with E-state index in [4.69, 9.17) is 9.47 Å². The van der Waals surface area contributed by atoms with Crippen LogP contribution in [0.2, 0.25) is 0 Å². The molecule has 0 unspecified atom stereocenters. The first-order valence-corrected chi connectivity index (χ1v) is 9.27. The molecule has 2 aromatic heterocycles. The first kappa shape index (κ1) is 21.1. The number of pyridine rings is 2. The van der Waals surface area contributed by atoms with E-state index in [1.807, 2.05) is 0 Å². The van der Waals surface area contributed by atoms with Gasteiger partial charge in [-0.1, -0.05) is 47.5 Å². The van der Waals surface area contributed by atoms with Gasteiger partial charge in [0.15, 0.2) is 0 Å². The van der Waals surface area contributed by atoms with E-state index in [1.54, 1.807) is 54.6 Å². The second-order valence-corrected chi connectivity index (χ2v) is 6.70. The second-order valence-electron chi connectivity index (χ2n) is 6.70. The number of hydrogen-bond donors (Lipinski definition) is 0. The van der Waals surface area contributed by atoms with Gasteiger partial charge in [-0.3, -0.25) is 18.7 Å². The van der Waals surface area contributed by atoms with Crippen molar-refractivity contribution in [3.63, 3.8) is 0 Å². The molecule has 3 heterocycles. The summed E-state index contributed by atoms with van der Waals surface area (Å²) in [6.07, 6.45) is 0. The Labute approximate surface area is 192 Å². The molecule has 7 heteroatoms. The van der Waals surface area contributed by atoms with Crippen molar-refractivity contribution >= 4 is 0 Å². The molecule has 1 aliphatic rings. The van der Waals surface area contributed by atoms with Crippen LogP contribution in [0.5, 0.6) is 11.5 Å². The summed E-state index contributed by atoms with van der Waals surface area (Å²) in [6.45, 7) is 0.314. The third-order valence-electron chi connectivity index (χ3n) is 4.60. The van der Waals surface area contributed by atoms with E-state index in [0.29, 0.717) is 34.3 Å². The molecule has 0 spiro atoms. The molecule has 8 bridgehead atoms. The predicted octanol–water partition coefficient (Wildman–Crippen LogP) is 5.16. The maximum absolute atomic E-state index is 14.6. The van der Waals surface area contributed by atoms with E-state index in [2.05, 4.69) is 22.1 Å². The van der Waals surface area contributed by atoms with E-state index < -0.39 is 11.6 Å². The fraction of sp³-hybridized carbons (Fsp3) is 0.0833. The number of hydrogen-bond acceptors (Lipinski definition) is 4. The summed E-state index contributed by atoms with van der Waals surface area (Å²) >= 11 is 0. The van der Waals surface area contributed by atoms with E-state index in [-0.39, 0.29) is 45.4 Å². The van der Waals surface area contributed by atoms with Crippen molar-refractivity contribution in [2.24, 2.45) is 0 Å². The fourth-order valence-corrected chi connectivity index (χ4v) is 3.17. The van der Waals surface area contributed by atoms with Crippen molar-refractivity contribution in [1.29, 1.82) is 0 Å². The minimum atomic E-state index is -0.747. The molecule has 0 saturated heterocycles. The number of ether oxygens (including phenoxy) is 2. The number of nitrogens with zero attached hydrogens (tertiary/aromatic N) is 2. The van der Waals surface area contributed by atoms with Crippen LogP contribution in [0.25, 0.3) is 22.5 Å². The zero-order valence-electron chi connectivity index (χ0n) is 16.0. The molecule has 1 aliphatic heterocycles. The average molecular weight is 595 g/mol. The molecule has 31 heavy (non-hydrogen) atoms. The van der Waals surface area contributed by atoms with Crippen LogP contribution >= 0.6 is 0 Å². The number of fused-ring (bicyclic) bond motifs is 10. The Morgan fingerprint density at radius 2 is 1.16 bits per heavy atom. The van der Waals surface area contributed by atoms with Crippen LogP contribution in [0.3, 0.4) is 0 Å². The number of rotatable bonds is 0. The van der Waals surface area contributed by atoms with Gasteiger partial charge in [-0.15, -0.1) is 18.2 Å². The number of aromatic nitrogens is 2. The molecule has 0 atom stereocenters. The normalized spacial score (nSPS) is 12.2. The van der Waals surface area contributed by atoms with Gasteiger partial charge in [-0.25, -0.2) is 0 Å². The van der Waals surface area contributed by atoms with Crippen molar-refractivity contribution < 1.29 is 39.3 Å². The van der Waals surface area contributed by atoms with E-state index in [1.165, 1.54) is 0 Å². The van der Waals surface area contributed by atoms with Gasteiger partial charge < -0.3 is 9.47 Å². The summed E-state index contributed by atoms with van der Waals surface area (Å²) in [5, 5.41) is 0. The average Bonchev–Trinajstić information content (AvgIpc) is 2.77. The molecular formula is C24H14F2N2O2Pt. The standard InChI is InChI=1S/C24H14F2N2O2.Pt/c25-21-12-22(26)20-11-19(21)23-8-1-4-15(27-23)13-29-17-6-3-7-18(10-17)30-14-16-5-2-9-24(20)28-16;/h1-9,12H,13-14H2;/q-2;+2. The van der Waals surface area contributed by atoms with Crippen LogP contribution in [-0.4, -0.2) is 9.97 Å². The summed E-state index contributed by atoms with van der Waals surface area (Å²) in [5.74, 6) is -0.502. The van der Waals surface area contributed by atoms with Crippen molar-refractivity contribution in [1.82, 2.24) is 9.97 Å². The minimum Gasteiger partial charge on any atom is -0.513 e. The van der Waals surface area contributed by atoms with E-state index in [9.17, 15) is 8.78 Å². The van der Waals surface area contributed by atoms with E-state index in [0.717, 1.165) is 6.07 Å². The third kappa shape index (κ3) is 4.49. The molecule has 5 rings (SSSR count). The van der Waals surface area contributed by atoms with Gasteiger partial charge in [0.05, 0.1) is 23.0 Å². The molecular weight excluding hydrogens is 581 g/mol. The summed E-state index contributed by atoms with van der Waals surface area (Å²) in [4.78, 5) is 8.91. The zero-order valence-corrected chi connectivity index (χ0v) is 18.2. The fourth-order valence-electron chi connectivity index (χ4n) is 3.17. The molecule has 0 amide bonds. The van der Waals surface area contributed by atoms with Crippen molar-refractivity contribution in [2.75, 3.05) is 0 Å². The van der Waals surface area contributed by atoms with Crippen LogP contribution in [0.15, 0.2) is 60.7 Å². The molecule has 0 fully saturated rings. The van der Waals surface area contributed by atoms with Gasteiger partial charge in [0.1, 0.15) is 13.2 Å². The molecule has 0 N–H and O–H groups in total. The van der Waals surface area contributed by atoms with Crippen LogP contribution < -0.4 is 9.47 Å². The third-order valence-corrected chi connectivity index (χ3v) is 4.60. The first-order chi connectivity index (χ1) is 14.7. The van der Waals surface area contributed by atoms with Crippen LogP contribution in [0, 0.1) is 23.8 Å². The SMILES string of the molecule is Fc1cc(F)c2[c-]c1-c1cccc(n1)COc1[c-]c(ccc1)OCc1cccc-2n1.[Pt+2]. The topological polar surface area (TPSA) is 44.2 Å². The smallest absolute Gasteiger partial charge is 0.513 e. The molecule has 0 saturated carbocycles. The molecule has 156 valence electrons. The zero-order chi connectivity index (χ0) is 20.5. The molecule has 4 aromatic rings. The Balaban J connectivity index is 0.00000231. The second kappa shape index (κ2) is 8.94. The van der Waals surface area contributed by atoms with Crippen LogP contribution in [0.1, 0.15) is 11.4 Å². The Morgan fingerprint density at radius 3 is 1.68 bits per heavy atom. The quantitative estimate of drug-likeness (QED) is 0.264. The first-order valence-electron chi connectivity index (χ1n) is 9.27. The maximum atomic E-state index is 14.6. The summed E-state index contributed by atoms with van der Waals surface area (Å²) in [6, 6.07) is 22.3. The van der Waals surface area contributed by atoms with Crippen LogP contribution in [0.4, 0.5) is 8.78 Å². The number of halogens is 2. The predicted molar refractivity (Wildman–Crippen MR) is 106 cm³/mol. The number of benzene rings is 2. The monoisotopic (exact) mass is 595 g/mol. The molecule has 4 nitrogen and oxygen atoms in total. The maximum Gasteiger partial charge on any atom is 2.00 e. The van der Waals surface area contributed by atoms with Gasteiger partial charge in [0.25, 0.3) is 0 Å². The van der Waals surface area contributed by atoms with Gasteiger partial charge in [-0.05, 0) is 12.1 Å². The Bertz CT molecular complexity index is 1160. The Kier molecular flexibility index (Phi) is 6.10. The Hall–Kier alpha value is -3.11. The van der Waals surface area contributed by atoms with Crippen molar-refractivity contribution in [2.45, 2.75) is 13.2 Å². The summed E-state index contributed by atoms with van der Waals surface area (Å²) < 4.78 is 40.7. The minimum absolute atomic E-state index is 0. The van der Waals surface area contributed by atoms with Gasteiger partial charge >= 0.3 is 21.1 Å². The summed E-state index contributed by atoms with van der Waals surface area (Å²) in [5.41, 5.74) is 1.96. The molecule has 2 aromatic carbocycles. The van der Waals surface area contributed by atoms with Crippen molar-refractivity contribution in [3.05, 3.63) is 95.8 Å². The Morgan fingerprint density at radius 1 is 0.677 bits per heavy atom. The van der Waals surface area contributed by atoms with Gasteiger partial charge in [0, 0.05) is 22.9 Å². The van der Waals surface area contributed by atoms with Gasteiger partial charge in [0.2, 0.25) is 0 Å². The van der Waals surface area contributed by atoms with Crippen molar-refractivity contribution in [3.8, 4) is 34.0 Å². The molecule has 0 radical (unpaired) electrons. The van der Waals surface area contributed by atoms with Gasteiger partial charge in [-0.2, -0.15) is 6.07 Å². The summed E-state index contributed by atoms with van der Waals surface area (Å²) in [7, 11) is 0. The molecule has 0 aliphatic carbocycles. The van der Waals surface area contributed by atoms with E-state index >= 15 is 0 Å². The largest absolute Gasteiger partial charge is 2.00 e. The van der Waals surface area contributed by atoms with Crippen LogP contribution in [-0.2, 0) is 34.3 Å².